The maximum Gasteiger partial charge on any atom is 0.142 e. The number of benzene rings is 2. The van der Waals surface area contributed by atoms with Gasteiger partial charge in [0.05, 0.1) is 22.7 Å². The molecule has 2 aromatic carbocycles. The second-order valence-corrected chi connectivity index (χ2v) is 5.10. The third-order valence-corrected chi connectivity index (χ3v) is 3.62. The first-order valence-electron chi connectivity index (χ1n) is 5.93. The molecule has 2 nitrogen and oxygen atoms in total. The Kier molecular flexibility index (Phi) is 4.49. The van der Waals surface area contributed by atoms with E-state index in [2.05, 4.69) is 5.32 Å². The first-order valence-corrected chi connectivity index (χ1v) is 6.68. The molecule has 102 valence electrons. The van der Waals surface area contributed by atoms with Gasteiger partial charge in [-0.1, -0.05) is 23.2 Å². The Morgan fingerprint density at radius 3 is 2.40 bits per heavy atom. The molecule has 1 atom stereocenters. The Balaban J connectivity index is 2.26. The van der Waals surface area contributed by atoms with Crippen molar-refractivity contribution in [2.24, 2.45) is 0 Å². The van der Waals surface area contributed by atoms with E-state index in [1.165, 1.54) is 12.1 Å². The van der Waals surface area contributed by atoms with Crippen molar-refractivity contribution in [2.75, 3.05) is 5.32 Å². The van der Waals surface area contributed by atoms with Crippen LogP contribution in [0.4, 0.5) is 10.1 Å². The van der Waals surface area contributed by atoms with Crippen molar-refractivity contribution in [3.8, 4) is 6.07 Å². The zero-order valence-electron chi connectivity index (χ0n) is 10.6. The normalized spacial score (nSPS) is 11.8. The van der Waals surface area contributed by atoms with Gasteiger partial charge in [-0.15, -0.1) is 0 Å². The average molecular weight is 309 g/mol. The van der Waals surface area contributed by atoms with Crippen LogP contribution in [0.15, 0.2) is 36.4 Å². The Bertz CT molecular complexity index is 663. The summed E-state index contributed by atoms with van der Waals surface area (Å²) in [6, 6.07) is 11.4. The predicted molar refractivity (Wildman–Crippen MR) is 79.6 cm³/mol. The fourth-order valence-corrected chi connectivity index (χ4v) is 2.60. The summed E-state index contributed by atoms with van der Waals surface area (Å²) in [7, 11) is 0. The molecule has 0 aromatic heterocycles. The molecule has 1 N–H and O–H groups in total. The van der Waals surface area contributed by atoms with Gasteiger partial charge in [-0.05, 0) is 43.3 Å². The maximum absolute atomic E-state index is 13.5. The first kappa shape index (κ1) is 14.6. The van der Waals surface area contributed by atoms with Crippen molar-refractivity contribution in [3.05, 3.63) is 63.4 Å². The monoisotopic (exact) mass is 308 g/mol. The van der Waals surface area contributed by atoms with Crippen LogP contribution < -0.4 is 5.32 Å². The van der Waals surface area contributed by atoms with E-state index in [4.69, 9.17) is 28.5 Å². The highest BCUT2D eigenvalue weighted by atomic mass is 35.5. The van der Waals surface area contributed by atoms with Crippen LogP contribution in [0.3, 0.4) is 0 Å². The summed E-state index contributed by atoms with van der Waals surface area (Å²) in [6.07, 6.45) is 0. The molecular weight excluding hydrogens is 298 g/mol. The lowest BCUT2D eigenvalue weighted by Crippen LogP contribution is -2.08. The summed E-state index contributed by atoms with van der Waals surface area (Å²) in [6.45, 7) is 1.84. The van der Waals surface area contributed by atoms with E-state index in [0.717, 1.165) is 5.69 Å². The second kappa shape index (κ2) is 6.13. The predicted octanol–water partition coefficient (Wildman–Crippen LogP) is 5.18. The van der Waals surface area contributed by atoms with Gasteiger partial charge in [-0.3, -0.25) is 0 Å². The summed E-state index contributed by atoms with van der Waals surface area (Å²) in [5.74, 6) is -0.500. The van der Waals surface area contributed by atoms with Crippen molar-refractivity contribution in [3.63, 3.8) is 0 Å². The van der Waals surface area contributed by atoms with Crippen LogP contribution in [-0.4, -0.2) is 0 Å². The van der Waals surface area contributed by atoms with Crippen LogP contribution >= 0.6 is 23.2 Å². The second-order valence-electron chi connectivity index (χ2n) is 4.31. The number of nitriles is 1. The highest BCUT2D eigenvalue weighted by Gasteiger charge is 2.16. The Morgan fingerprint density at radius 1 is 1.15 bits per heavy atom. The van der Waals surface area contributed by atoms with Crippen LogP contribution in [0.5, 0.6) is 0 Å². The molecule has 0 aliphatic rings. The lowest BCUT2D eigenvalue weighted by atomic mass is 10.1. The minimum Gasteiger partial charge on any atom is -0.378 e. The third kappa shape index (κ3) is 3.04. The molecule has 0 amide bonds. The lowest BCUT2D eigenvalue weighted by molar-refractivity contribution is 0.624. The molecule has 0 radical (unpaired) electrons. The molecule has 0 fully saturated rings. The van der Waals surface area contributed by atoms with E-state index in [1.54, 1.807) is 24.3 Å². The van der Waals surface area contributed by atoms with Crippen molar-refractivity contribution in [2.45, 2.75) is 13.0 Å². The van der Waals surface area contributed by atoms with Crippen LogP contribution in [0.25, 0.3) is 0 Å². The number of hydrogen-bond donors (Lipinski definition) is 1. The van der Waals surface area contributed by atoms with Gasteiger partial charge in [0.1, 0.15) is 5.82 Å². The van der Waals surface area contributed by atoms with E-state index >= 15 is 0 Å². The van der Waals surface area contributed by atoms with Gasteiger partial charge in [0.2, 0.25) is 0 Å². The van der Waals surface area contributed by atoms with Crippen LogP contribution in [0.2, 0.25) is 10.0 Å². The van der Waals surface area contributed by atoms with Gasteiger partial charge in [0, 0.05) is 16.3 Å². The molecule has 0 saturated heterocycles. The summed E-state index contributed by atoms with van der Waals surface area (Å²) in [5.41, 5.74) is 1.88. The van der Waals surface area contributed by atoms with E-state index in [9.17, 15) is 4.39 Å². The van der Waals surface area contributed by atoms with Crippen LogP contribution in [0, 0.1) is 17.1 Å². The van der Waals surface area contributed by atoms with Gasteiger partial charge in [-0.2, -0.15) is 5.26 Å². The van der Waals surface area contributed by atoms with Gasteiger partial charge in [0.25, 0.3) is 0 Å². The van der Waals surface area contributed by atoms with Crippen LogP contribution in [0.1, 0.15) is 24.1 Å². The number of halogens is 3. The third-order valence-electron chi connectivity index (χ3n) is 2.91. The van der Waals surface area contributed by atoms with Gasteiger partial charge >= 0.3 is 0 Å². The summed E-state index contributed by atoms with van der Waals surface area (Å²) in [5, 5.41) is 12.3. The minimum atomic E-state index is -0.500. The molecule has 20 heavy (non-hydrogen) atoms. The lowest BCUT2D eigenvalue weighted by Gasteiger charge is -2.18. The smallest absolute Gasteiger partial charge is 0.142 e. The standard InChI is InChI=1S/C15H11Cl2FN2/c1-9(14-12(16)6-7-13(18)15(14)17)20-11-4-2-10(8-19)3-5-11/h2-7,9,20H,1H3. The fourth-order valence-electron chi connectivity index (χ4n) is 1.90. The molecule has 1 unspecified atom stereocenters. The molecule has 0 aliphatic heterocycles. The highest BCUT2D eigenvalue weighted by molar-refractivity contribution is 6.36. The number of nitrogens with zero attached hydrogens (tertiary/aromatic N) is 1. The van der Waals surface area contributed by atoms with Gasteiger partial charge < -0.3 is 5.32 Å². The SMILES string of the molecule is CC(Nc1ccc(C#N)cc1)c1c(Cl)ccc(F)c1Cl. The summed E-state index contributed by atoms with van der Waals surface area (Å²) >= 11 is 12.0. The number of rotatable bonds is 3. The fraction of sp³-hybridized carbons (Fsp3) is 0.133. The number of anilines is 1. The molecule has 0 saturated carbocycles. The van der Waals surface area contributed by atoms with Gasteiger partial charge in [-0.25, -0.2) is 4.39 Å². The number of nitrogens with one attached hydrogen (secondary N) is 1. The van der Waals surface area contributed by atoms with Crippen molar-refractivity contribution in [1.29, 1.82) is 5.26 Å². The minimum absolute atomic E-state index is 0.0196. The van der Waals surface area contributed by atoms with E-state index in [0.29, 0.717) is 16.1 Å². The molecule has 0 aliphatic carbocycles. The van der Waals surface area contributed by atoms with Crippen LogP contribution in [-0.2, 0) is 0 Å². The molecule has 0 spiro atoms. The topological polar surface area (TPSA) is 35.8 Å². The van der Waals surface area contributed by atoms with E-state index in [1.807, 2.05) is 13.0 Å². The Labute approximate surface area is 126 Å². The van der Waals surface area contributed by atoms with E-state index in [-0.39, 0.29) is 11.1 Å². The molecule has 2 rings (SSSR count). The average Bonchev–Trinajstić information content (AvgIpc) is 2.44. The van der Waals surface area contributed by atoms with Crippen molar-refractivity contribution in [1.82, 2.24) is 0 Å². The zero-order chi connectivity index (χ0) is 14.7. The quantitative estimate of drug-likeness (QED) is 0.793. The molecule has 5 heteroatoms. The Morgan fingerprint density at radius 2 is 1.80 bits per heavy atom. The van der Waals surface area contributed by atoms with Crippen molar-refractivity contribution >= 4 is 28.9 Å². The maximum atomic E-state index is 13.5. The highest BCUT2D eigenvalue weighted by Crippen LogP contribution is 2.33. The molecule has 0 bridgehead atoms. The zero-order valence-corrected chi connectivity index (χ0v) is 12.1. The Hall–Kier alpha value is -1.76. The summed E-state index contributed by atoms with van der Waals surface area (Å²) in [4.78, 5) is 0. The molecular formula is C15H11Cl2FN2. The van der Waals surface area contributed by atoms with Crippen molar-refractivity contribution < 1.29 is 4.39 Å². The van der Waals surface area contributed by atoms with Gasteiger partial charge in [0.15, 0.2) is 0 Å². The molecule has 0 heterocycles. The largest absolute Gasteiger partial charge is 0.378 e. The summed E-state index contributed by atoms with van der Waals surface area (Å²) < 4.78 is 13.5. The molecule has 2 aromatic rings. The number of hydrogen-bond acceptors (Lipinski definition) is 2. The van der Waals surface area contributed by atoms with E-state index < -0.39 is 5.82 Å². The first-order chi connectivity index (χ1) is 9.52.